The monoisotopic (exact) mass is 444 g/mol. The van der Waals surface area contributed by atoms with Gasteiger partial charge in [0.2, 0.25) is 0 Å². The summed E-state index contributed by atoms with van der Waals surface area (Å²) >= 11 is 0. The van der Waals surface area contributed by atoms with E-state index in [9.17, 15) is 0 Å². The standard InChI is InChI=1S/C30H36O3/c1-24(26(3)32-21-28-15-9-5-10-16-28)19-25(2)30(33-22-29-17-11-6-12-18-29)23-31-20-27-13-7-4-8-14-27/h4-19,24,26,30H,20-23H2,1-3H3/b25-19+/t24-,26+,30+/m0/s1. The number of hydrogen-bond donors (Lipinski definition) is 0. The van der Waals surface area contributed by atoms with Gasteiger partial charge in [0.1, 0.15) is 6.10 Å². The van der Waals surface area contributed by atoms with Crippen LogP contribution in [-0.2, 0) is 34.0 Å². The molecule has 0 heterocycles. The molecular formula is C30H36O3. The molecule has 3 atom stereocenters. The van der Waals surface area contributed by atoms with Gasteiger partial charge >= 0.3 is 0 Å². The quantitative estimate of drug-likeness (QED) is 0.266. The Hall–Kier alpha value is -2.72. The highest BCUT2D eigenvalue weighted by Crippen LogP contribution is 2.18. The second-order valence-electron chi connectivity index (χ2n) is 8.56. The lowest BCUT2D eigenvalue weighted by Crippen LogP contribution is -2.23. The fraction of sp³-hybridized carbons (Fsp3) is 0.333. The first-order valence-electron chi connectivity index (χ1n) is 11.7. The van der Waals surface area contributed by atoms with Crippen LogP contribution in [0.25, 0.3) is 0 Å². The first-order valence-corrected chi connectivity index (χ1v) is 11.7. The minimum atomic E-state index is -0.113. The van der Waals surface area contributed by atoms with Crippen LogP contribution >= 0.6 is 0 Å². The van der Waals surface area contributed by atoms with Gasteiger partial charge in [-0.2, -0.15) is 0 Å². The smallest absolute Gasteiger partial charge is 0.102 e. The van der Waals surface area contributed by atoms with Crippen LogP contribution in [0.1, 0.15) is 37.5 Å². The summed E-state index contributed by atoms with van der Waals surface area (Å²) in [5, 5.41) is 0. The third-order valence-electron chi connectivity index (χ3n) is 5.80. The molecule has 0 amide bonds. The molecule has 0 spiro atoms. The molecule has 0 aromatic heterocycles. The summed E-state index contributed by atoms with van der Waals surface area (Å²) < 4.78 is 18.5. The number of hydrogen-bond acceptors (Lipinski definition) is 3. The molecule has 3 aromatic rings. The Morgan fingerprint density at radius 2 is 1.12 bits per heavy atom. The maximum atomic E-state index is 6.30. The highest BCUT2D eigenvalue weighted by molar-refractivity contribution is 5.16. The molecule has 3 aromatic carbocycles. The molecular weight excluding hydrogens is 408 g/mol. The molecule has 33 heavy (non-hydrogen) atoms. The van der Waals surface area contributed by atoms with Crippen LogP contribution in [0.2, 0.25) is 0 Å². The summed E-state index contributed by atoms with van der Waals surface area (Å²) in [5.74, 6) is 0.255. The lowest BCUT2D eigenvalue weighted by molar-refractivity contribution is -0.0120. The largest absolute Gasteiger partial charge is 0.374 e. The molecule has 0 bridgehead atoms. The van der Waals surface area contributed by atoms with Crippen molar-refractivity contribution in [1.29, 1.82) is 0 Å². The Morgan fingerprint density at radius 1 is 0.667 bits per heavy atom. The Kier molecular flexibility index (Phi) is 10.4. The van der Waals surface area contributed by atoms with Gasteiger partial charge in [0.25, 0.3) is 0 Å². The van der Waals surface area contributed by atoms with Crippen LogP contribution in [0, 0.1) is 5.92 Å². The van der Waals surface area contributed by atoms with Crippen molar-refractivity contribution in [2.24, 2.45) is 5.92 Å². The molecule has 3 nitrogen and oxygen atoms in total. The van der Waals surface area contributed by atoms with Crippen LogP contribution in [0.3, 0.4) is 0 Å². The van der Waals surface area contributed by atoms with Crippen LogP contribution in [0.4, 0.5) is 0 Å². The van der Waals surface area contributed by atoms with Crippen molar-refractivity contribution in [2.75, 3.05) is 6.61 Å². The van der Waals surface area contributed by atoms with E-state index in [1.54, 1.807) is 0 Å². The van der Waals surface area contributed by atoms with Gasteiger partial charge in [-0.15, -0.1) is 0 Å². The second kappa shape index (κ2) is 13.7. The second-order valence-corrected chi connectivity index (χ2v) is 8.56. The molecule has 0 saturated carbocycles. The maximum absolute atomic E-state index is 6.30. The van der Waals surface area contributed by atoms with Gasteiger partial charge in [-0.3, -0.25) is 0 Å². The summed E-state index contributed by atoms with van der Waals surface area (Å²) in [7, 11) is 0. The van der Waals surface area contributed by atoms with Gasteiger partial charge in [0.15, 0.2) is 0 Å². The minimum Gasteiger partial charge on any atom is -0.374 e. The molecule has 0 radical (unpaired) electrons. The predicted molar refractivity (Wildman–Crippen MR) is 135 cm³/mol. The Balaban J connectivity index is 1.58. The van der Waals surface area contributed by atoms with Crippen molar-refractivity contribution >= 4 is 0 Å². The molecule has 3 heteroatoms. The van der Waals surface area contributed by atoms with Gasteiger partial charge in [0.05, 0.1) is 32.5 Å². The van der Waals surface area contributed by atoms with E-state index in [2.05, 4.69) is 63.2 Å². The average molecular weight is 445 g/mol. The summed E-state index contributed by atoms with van der Waals surface area (Å²) in [4.78, 5) is 0. The highest BCUT2D eigenvalue weighted by Gasteiger charge is 2.17. The van der Waals surface area contributed by atoms with E-state index >= 15 is 0 Å². The van der Waals surface area contributed by atoms with E-state index in [4.69, 9.17) is 14.2 Å². The van der Waals surface area contributed by atoms with Crippen LogP contribution in [0.15, 0.2) is 103 Å². The Morgan fingerprint density at radius 3 is 1.64 bits per heavy atom. The van der Waals surface area contributed by atoms with Crippen LogP contribution in [0.5, 0.6) is 0 Å². The Bertz CT molecular complexity index is 938. The van der Waals surface area contributed by atoms with E-state index < -0.39 is 0 Å². The molecule has 0 saturated heterocycles. The number of benzene rings is 3. The fourth-order valence-electron chi connectivity index (χ4n) is 3.55. The van der Waals surface area contributed by atoms with E-state index in [-0.39, 0.29) is 18.1 Å². The van der Waals surface area contributed by atoms with Gasteiger partial charge in [0, 0.05) is 5.92 Å². The lowest BCUT2D eigenvalue weighted by atomic mass is 10.0. The molecule has 0 fully saturated rings. The topological polar surface area (TPSA) is 27.7 Å². The summed E-state index contributed by atoms with van der Waals surface area (Å²) in [6.07, 6.45) is 2.25. The third kappa shape index (κ3) is 8.97. The highest BCUT2D eigenvalue weighted by atomic mass is 16.5. The minimum absolute atomic E-state index is 0.0974. The average Bonchev–Trinajstić information content (AvgIpc) is 2.86. The maximum Gasteiger partial charge on any atom is 0.102 e. The summed E-state index contributed by atoms with van der Waals surface area (Å²) in [5.41, 5.74) is 4.68. The molecule has 3 rings (SSSR count). The van der Waals surface area contributed by atoms with Crippen molar-refractivity contribution in [3.8, 4) is 0 Å². The lowest BCUT2D eigenvalue weighted by Gasteiger charge is -2.23. The fourth-order valence-corrected chi connectivity index (χ4v) is 3.55. The number of ether oxygens (including phenoxy) is 3. The van der Waals surface area contributed by atoms with Crippen molar-refractivity contribution in [3.63, 3.8) is 0 Å². The van der Waals surface area contributed by atoms with Crippen molar-refractivity contribution in [3.05, 3.63) is 119 Å². The molecule has 174 valence electrons. The van der Waals surface area contributed by atoms with Crippen molar-refractivity contribution < 1.29 is 14.2 Å². The molecule has 0 aliphatic rings. The van der Waals surface area contributed by atoms with Gasteiger partial charge < -0.3 is 14.2 Å². The molecule has 0 aliphatic carbocycles. The van der Waals surface area contributed by atoms with Crippen LogP contribution in [-0.4, -0.2) is 18.8 Å². The zero-order chi connectivity index (χ0) is 23.3. The van der Waals surface area contributed by atoms with E-state index in [1.165, 1.54) is 11.1 Å². The van der Waals surface area contributed by atoms with Crippen molar-refractivity contribution in [2.45, 2.75) is 52.8 Å². The van der Waals surface area contributed by atoms with Gasteiger partial charge in [-0.1, -0.05) is 104 Å². The van der Waals surface area contributed by atoms with E-state index in [0.29, 0.717) is 26.4 Å². The first-order chi connectivity index (χ1) is 16.1. The van der Waals surface area contributed by atoms with Crippen LogP contribution < -0.4 is 0 Å². The zero-order valence-corrected chi connectivity index (χ0v) is 20.0. The van der Waals surface area contributed by atoms with Crippen molar-refractivity contribution in [1.82, 2.24) is 0 Å². The zero-order valence-electron chi connectivity index (χ0n) is 20.0. The van der Waals surface area contributed by atoms with Gasteiger partial charge in [-0.25, -0.2) is 0 Å². The number of rotatable bonds is 13. The Labute approximate surface area is 199 Å². The van der Waals surface area contributed by atoms with E-state index in [1.807, 2.05) is 54.6 Å². The molecule has 0 aliphatic heterocycles. The SMILES string of the molecule is C/C(=C\[C@H](C)[C@@H](C)OCc1ccccc1)[C@@H](COCc1ccccc1)OCc1ccccc1. The third-order valence-corrected chi connectivity index (χ3v) is 5.80. The molecule has 0 N–H and O–H groups in total. The summed E-state index contributed by atoms with van der Waals surface area (Å²) in [6.45, 7) is 8.71. The van der Waals surface area contributed by atoms with Gasteiger partial charge in [-0.05, 0) is 36.1 Å². The van der Waals surface area contributed by atoms with E-state index in [0.717, 1.165) is 11.1 Å². The first kappa shape index (κ1) is 24.9. The molecule has 0 unspecified atom stereocenters. The normalized spacial score (nSPS) is 14.6. The summed E-state index contributed by atoms with van der Waals surface area (Å²) in [6, 6.07) is 30.8. The predicted octanol–water partition coefficient (Wildman–Crippen LogP) is 6.98.